The van der Waals surface area contributed by atoms with Crippen LogP contribution >= 0.6 is 11.6 Å². The quantitative estimate of drug-likeness (QED) is 0.761. The predicted molar refractivity (Wildman–Crippen MR) is 91.2 cm³/mol. The van der Waals surface area contributed by atoms with Gasteiger partial charge in [0, 0.05) is 37.0 Å². The van der Waals surface area contributed by atoms with E-state index in [9.17, 15) is 4.79 Å². The normalized spacial score (nSPS) is 10.4. The Bertz CT molecular complexity index is 662. The van der Waals surface area contributed by atoms with Crippen LogP contribution in [0, 0.1) is 6.92 Å². The number of carbonyl (C=O) groups excluding carboxylic acids is 1. The minimum absolute atomic E-state index is 0.294. The second-order valence-electron chi connectivity index (χ2n) is 4.92. The lowest BCUT2D eigenvalue weighted by Crippen LogP contribution is -2.16. The number of halogens is 1. The molecule has 2 rings (SSSR count). The summed E-state index contributed by atoms with van der Waals surface area (Å²) < 4.78 is 4.99. The fraction of sp³-hybridized carbons (Fsp3) is 0.312. The van der Waals surface area contributed by atoms with Gasteiger partial charge < -0.3 is 15.4 Å². The van der Waals surface area contributed by atoms with E-state index in [1.165, 1.54) is 0 Å². The molecule has 6 nitrogen and oxygen atoms in total. The summed E-state index contributed by atoms with van der Waals surface area (Å²) in [6.45, 7) is 3.13. The topological polar surface area (TPSA) is 76.1 Å². The van der Waals surface area contributed by atoms with Crippen LogP contribution in [0.15, 0.2) is 30.3 Å². The Kier molecular flexibility index (Phi) is 6.31. The van der Waals surface area contributed by atoms with E-state index in [1.54, 1.807) is 44.4 Å². The van der Waals surface area contributed by atoms with Gasteiger partial charge in [-0.15, -0.1) is 0 Å². The molecule has 0 bridgehead atoms. The summed E-state index contributed by atoms with van der Waals surface area (Å²) >= 11 is 5.83. The van der Waals surface area contributed by atoms with Gasteiger partial charge in [-0.3, -0.25) is 4.79 Å². The molecule has 0 aliphatic rings. The van der Waals surface area contributed by atoms with Crippen molar-refractivity contribution < 1.29 is 9.53 Å². The van der Waals surface area contributed by atoms with Crippen molar-refractivity contribution in [2.45, 2.75) is 13.3 Å². The molecule has 0 saturated heterocycles. The Morgan fingerprint density at radius 1 is 1.26 bits per heavy atom. The number of amides is 1. The standard InChI is InChI=1S/C16H19ClN4O2/c1-11-19-14(10-15(20-11)18-8-3-9-23-2)16(22)21-13-6-4-12(17)5-7-13/h4-7,10H,3,8-9H2,1-2H3,(H,21,22)(H,18,19,20). The molecule has 122 valence electrons. The largest absolute Gasteiger partial charge is 0.385 e. The van der Waals surface area contributed by atoms with Crippen molar-refractivity contribution >= 4 is 29.0 Å². The average molecular weight is 335 g/mol. The van der Waals surface area contributed by atoms with Gasteiger partial charge in [0.25, 0.3) is 5.91 Å². The zero-order valence-corrected chi connectivity index (χ0v) is 13.9. The zero-order valence-electron chi connectivity index (χ0n) is 13.1. The lowest BCUT2D eigenvalue weighted by Gasteiger charge is -2.09. The molecule has 7 heteroatoms. The molecule has 2 N–H and O–H groups in total. The van der Waals surface area contributed by atoms with E-state index in [0.717, 1.165) is 6.42 Å². The monoisotopic (exact) mass is 334 g/mol. The SMILES string of the molecule is COCCCNc1cc(C(=O)Nc2ccc(Cl)cc2)nc(C)n1. The van der Waals surface area contributed by atoms with Gasteiger partial charge in [0.05, 0.1) is 0 Å². The maximum atomic E-state index is 12.3. The number of nitrogens with zero attached hydrogens (tertiary/aromatic N) is 2. The van der Waals surface area contributed by atoms with E-state index in [-0.39, 0.29) is 5.91 Å². The van der Waals surface area contributed by atoms with Gasteiger partial charge in [0.1, 0.15) is 17.3 Å². The van der Waals surface area contributed by atoms with Crippen LogP contribution in [0.5, 0.6) is 0 Å². The van der Waals surface area contributed by atoms with Gasteiger partial charge in [0.15, 0.2) is 0 Å². The molecule has 2 aromatic rings. The maximum absolute atomic E-state index is 12.3. The summed E-state index contributed by atoms with van der Waals surface area (Å²) in [4.78, 5) is 20.7. The van der Waals surface area contributed by atoms with Gasteiger partial charge in [-0.2, -0.15) is 0 Å². The average Bonchev–Trinajstić information content (AvgIpc) is 2.53. The molecule has 1 heterocycles. The van der Waals surface area contributed by atoms with Crippen LogP contribution in [0.1, 0.15) is 22.7 Å². The van der Waals surface area contributed by atoms with Crippen LogP contribution < -0.4 is 10.6 Å². The van der Waals surface area contributed by atoms with Crippen molar-refractivity contribution in [3.05, 3.63) is 46.9 Å². The maximum Gasteiger partial charge on any atom is 0.274 e. The van der Waals surface area contributed by atoms with E-state index in [4.69, 9.17) is 16.3 Å². The molecule has 0 aliphatic carbocycles. The highest BCUT2D eigenvalue weighted by molar-refractivity contribution is 6.30. The van der Waals surface area contributed by atoms with Gasteiger partial charge in [-0.1, -0.05) is 11.6 Å². The highest BCUT2D eigenvalue weighted by atomic mass is 35.5. The molecule has 1 aromatic heterocycles. The molecule has 1 amide bonds. The Labute approximate surface area is 140 Å². The van der Waals surface area contributed by atoms with Crippen molar-refractivity contribution in [2.75, 3.05) is 30.9 Å². The Morgan fingerprint density at radius 2 is 2.00 bits per heavy atom. The molecule has 23 heavy (non-hydrogen) atoms. The zero-order chi connectivity index (χ0) is 16.7. The number of benzene rings is 1. The van der Waals surface area contributed by atoms with Crippen molar-refractivity contribution in [1.29, 1.82) is 0 Å². The number of ether oxygens (including phenoxy) is 1. The lowest BCUT2D eigenvalue weighted by atomic mass is 10.3. The molecule has 0 atom stereocenters. The Hall–Kier alpha value is -2.18. The summed E-state index contributed by atoms with van der Waals surface area (Å²) in [6, 6.07) is 8.53. The van der Waals surface area contributed by atoms with Crippen LogP contribution in [0.3, 0.4) is 0 Å². The number of rotatable bonds is 7. The first kappa shape index (κ1) is 17.2. The van der Waals surface area contributed by atoms with Gasteiger partial charge in [-0.25, -0.2) is 9.97 Å². The highest BCUT2D eigenvalue weighted by Crippen LogP contribution is 2.15. The van der Waals surface area contributed by atoms with Crippen LogP contribution in [0.4, 0.5) is 11.5 Å². The summed E-state index contributed by atoms with van der Waals surface area (Å²) in [5.74, 6) is 0.857. The van der Waals surface area contributed by atoms with E-state index >= 15 is 0 Å². The number of hydrogen-bond donors (Lipinski definition) is 2. The first-order valence-corrected chi connectivity index (χ1v) is 7.61. The fourth-order valence-corrected chi connectivity index (χ4v) is 2.06. The Balaban J connectivity index is 2.04. The highest BCUT2D eigenvalue weighted by Gasteiger charge is 2.11. The third-order valence-corrected chi connectivity index (χ3v) is 3.26. The third kappa shape index (κ3) is 5.50. The van der Waals surface area contributed by atoms with E-state index in [1.807, 2.05) is 0 Å². The minimum Gasteiger partial charge on any atom is -0.385 e. The Morgan fingerprint density at radius 3 is 2.70 bits per heavy atom. The molecule has 0 spiro atoms. The number of nitrogens with one attached hydrogen (secondary N) is 2. The molecule has 0 unspecified atom stereocenters. The molecule has 0 aliphatic heterocycles. The molecule has 0 fully saturated rings. The smallest absolute Gasteiger partial charge is 0.274 e. The van der Waals surface area contributed by atoms with Crippen molar-refractivity contribution in [1.82, 2.24) is 9.97 Å². The number of aromatic nitrogens is 2. The summed E-state index contributed by atoms with van der Waals surface area (Å²) in [7, 11) is 1.66. The lowest BCUT2D eigenvalue weighted by molar-refractivity contribution is 0.102. The molecule has 0 radical (unpaired) electrons. The van der Waals surface area contributed by atoms with Crippen LogP contribution in [0.25, 0.3) is 0 Å². The molecule has 1 aromatic carbocycles. The summed E-state index contributed by atoms with van der Waals surface area (Å²) in [5, 5.41) is 6.55. The van der Waals surface area contributed by atoms with Gasteiger partial charge >= 0.3 is 0 Å². The van der Waals surface area contributed by atoms with Crippen molar-refractivity contribution in [2.24, 2.45) is 0 Å². The van der Waals surface area contributed by atoms with E-state index in [0.29, 0.717) is 41.2 Å². The molecular formula is C16H19ClN4O2. The van der Waals surface area contributed by atoms with Gasteiger partial charge in [-0.05, 0) is 37.6 Å². The summed E-state index contributed by atoms with van der Waals surface area (Å²) in [5.41, 5.74) is 0.965. The molecular weight excluding hydrogens is 316 g/mol. The van der Waals surface area contributed by atoms with Crippen LogP contribution in [-0.4, -0.2) is 36.1 Å². The number of anilines is 2. The first-order valence-electron chi connectivity index (χ1n) is 7.24. The predicted octanol–water partition coefficient (Wildman–Crippen LogP) is 3.14. The number of carbonyl (C=O) groups is 1. The van der Waals surface area contributed by atoms with Crippen LogP contribution in [0.2, 0.25) is 5.02 Å². The van der Waals surface area contributed by atoms with E-state index < -0.39 is 0 Å². The second kappa shape index (κ2) is 8.45. The third-order valence-electron chi connectivity index (χ3n) is 3.00. The van der Waals surface area contributed by atoms with Crippen LogP contribution in [-0.2, 0) is 4.74 Å². The van der Waals surface area contributed by atoms with Crippen molar-refractivity contribution in [3.63, 3.8) is 0 Å². The van der Waals surface area contributed by atoms with E-state index in [2.05, 4.69) is 20.6 Å². The second-order valence-corrected chi connectivity index (χ2v) is 5.36. The minimum atomic E-state index is -0.294. The summed E-state index contributed by atoms with van der Waals surface area (Å²) in [6.07, 6.45) is 0.853. The first-order chi connectivity index (χ1) is 11.1. The van der Waals surface area contributed by atoms with Gasteiger partial charge in [0.2, 0.25) is 0 Å². The number of methoxy groups -OCH3 is 1. The number of hydrogen-bond acceptors (Lipinski definition) is 5. The molecule has 0 saturated carbocycles. The number of aryl methyl sites for hydroxylation is 1. The fourth-order valence-electron chi connectivity index (χ4n) is 1.94. The van der Waals surface area contributed by atoms with Crippen molar-refractivity contribution in [3.8, 4) is 0 Å².